The fourth-order valence-corrected chi connectivity index (χ4v) is 1.54. The summed E-state index contributed by atoms with van der Waals surface area (Å²) in [5, 5.41) is 3.02. The van der Waals surface area contributed by atoms with Crippen LogP contribution >= 0.6 is 11.6 Å². The van der Waals surface area contributed by atoms with Crippen LogP contribution in [0.4, 0.5) is 5.82 Å². The van der Waals surface area contributed by atoms with Crippen molar-refractivity contribution in [2.45, 2.75) is 12.8 Å². The molecule has 2 rings (SSSR count). The average Bonchev–Trinajstić information content (AvgIpc) is 2.79. The number of furan rings is 1. The second kappa shape index (κ2) is 5.50. The van der Waals surface area contributed by atoms with E-state index >= 15 is 0 Å². The molecule has 88 valence electrons. The van der Waals surface area contributed by atoms with E-state index in [1.807, 2.05) is 6.07 Å². The molecule has 0 aliphatic heterocycles. The number of rotatable bonds is 4. The van der Waals surface area contributed by atoms with E-state index in [-0.39, 0.29) is 5.91 Å². The molecule has 1 amide bonds. The molecular weight excluding hydrogens is 240 g/mol. The molecule has 0 saturated heterocycles. The third kappa shape index (κ3) is 3.60. The van der Waals surface area contributed by atoms with Gasteiger partial charge >= 0.3 is 0 Å². The zero-order chi connectivity index (χ0) is 12.1. The summed E-state index contributed by atoms with van der Waals surface area (Å²) in [6, 6.07) is 8.71. The van der Waals surface area contributed by atoms with E-state index in [9.17, 15) is 4.79 Å². The highest BCUT2D eigenvalue weighted by Crippen LogP contribution is 2.10. The van der Waals surface area contributed by atoms with Crippen molar-refractivity contribution < 1.29 is 9.21 Å². The number of aryl methyl sites for hydroxylation is 1. The van der Waals surface area contributed by atoms with Crippen LogP contribution in [0, 0.1) is 0 Å². The van der Waals surface area contributed by atoms with Gasteiger partial charge in [-0.1, -0.05) is 17.7 Å². The first kappa shape index (κ1) is 11.7. The molecule has 1 N–H and O–H groups in total. The number of carbonyl (C=O) groups excluding carboxylic acids is 1. The normalized spacial score (nSPS) is 10.2. The van der Waals surface area contributed by atoms with Gasteiger partial charge in [0.15, 0.2) is 0 Å². The lowest BCUT2D eigenvalue weighted by atomic mass is 10.2. The summed E-state index contributed by atoms with van der Waals surface area (Å²) in [4.78, 5) is 15.6. The van der Waals surface area contributed by atoms with Gasteiger partial charge in [0.05, 0.1) is 6.26 Å². The molecule has 0 aromatic carbocycles. The van der Waals surface area contributed by atoms with E-state index in [0.717, 1.165) is 5.76 Å². The largest absolute Gasteiger partial charge is 0.469 e. The van der Waals surface area contributed by atoms with Crippen molar-refractivity contribution in [1.29, 1.82) is 0 Å². The Balaban J connectivity index is 1.85. The summed E-state index contributed by atoms with van der Waals surface area (Å²) in [6.07, 6.45) is 2.51. The zero-order valence-electron chi connectivity index (χ0n) is 9.02. The monoisotopic (exact) mass is 250 g/mol. The van der Waals surface area contributed by atoms with E-state index in [4.69, 9.17) is 16.0 Å². The van der Waals surface area contributed by atoms with E-state index in [1.54, 1.807) is 30.5 Å². The third-order valence-electron chi connectivity index (χ3n) is 2.16. The lowest BCUT2D eigenvalue weighted by Gasteiger charge is -2.03. The van der Waals surface area contributed by atoms with E-state index in [0.29, 0.717) is 23.8 Å². The summed E-state index contributed by atoms with van der Waals surface area (Å²) in [5.74, 6) is 1.14. The zero-order valence-corrected chi connectivity index (χ0v) is 9.78. The van der Waals surface area contributed by atoms with Crippen molar-refractivity contribution in [3.63, 3.8) is 0 Å². The SMILES string of the molecule is O=C(CCc1ccco1)Nc1cccc(Cl)n1. The molecule has 0 spiro atoms. The first-order chi connectivity index (χ1) is 8.24. The van der Waals surface area contributed by atoms with Gasteiger partial charge in [-0.2, -0.15) is 0 Å². The number of nitrogens with one attached hydrogen (secondary N) is 1. The van der Waals surface area contributed by atoms with Gasteiger partial charge in [-0.25, -0.2) is 4.98 Å². The highest BCUT2D eigenvalue weighted by molar-refractivity contribution is 6.29. The van der Waals surface area contributed by atoms with Crippen LogP contribution in [0.25, 0.3) is 0 Å². The Bertz CT molecular complexity index is 497. The van der Waals surface area contributed by atoms with E-state index in [1.165, 1.54) is 0 Å². The first-order valence-corrected chi connectivity index (χ1v) is 5.56. The minimum Gasteiger partial charge on any atom is -0.469 e. The fourth-order valence-electron chi connectivity index (χ4n) is 1.37. The maximum absolute atomic E-state index is 11.6. The second-order valence-corrected chi connectivity index (χ2v) is 3.86. The van der Waals surface area contributed by atoms with Crippen molar-refractivity contribution in [3.8, 4) is 0 Å². The molecule has 0 saturated carbocycles. The molecule has 2 aromatic rings. The Kier molecular flexibility index (Phi) is 3.77. The van der Waals surface area contributed by atoms with Crippen LogP contribution in [-0.4, -0.2) is 10.9 Å². The number of nitrogens with zero attached hydrogens (tertiary/aromatic N) is 1. The molecule has 2 aromatic heterocycles. The smallest absolute Gasteiger partial charge is 0.225 e. The summed E-state index contributed by atoms with van der Waals surface area (Å²) < 4.78 is 5.14. The molecule has 0 atom stereocenters. The molecule has 17 heavy (non-hydrogen) atoms. The fraction of sp³-hybridized carbons (Fsp3) is 0.167. The number of aromatic nitrogens is 1. The summed E-state index contributed by atoms with van der Waals surface area (Å²) >= 11 is 5.71. The van der Waals surface area contributed by atoms with Gasteiger partial charge in [0.1, 0.15) is 16.7 Å². The van der Waals surface area contributed by atoms with Crippen molar-refractivity contribution in [2.75, 3.05) is 5.32 Å². The van der Waals surface area contributed by atoms with Gasteiger partial charge in [0.2, 0.25) is 5.91 Å². The standard InChI is InChI=1S/C12H11ClN2O2/c13-10-4-1-5-11(14-10)15-12(16)7-6-9-3-2-8-17-9/h1-5,8H,6-7H2,(H,14,15,16). The van der Waals surface area contributed by atoms with Crippen LogP contribution < -0.4 is 5.32 Å². The molecule has 0 aliphatic rings. The molecule has 4 nitrogen and oxygen atoms in total. The van der Waals surface area contributed by atoms with Crippen molar-refractivity contribution in [2.24, 2.45) is 0 Å². The Labute approximate surface area is 104 Å². The third-order valence-corrected chi connectivity index (χ3v) is 2.37. The highest BCUT2D eigenvalue weighted by Gasteiger charge is 2.05. The first-order valence-electron chi connectivity index (χ1n) is 5.19. The van der Waals surface area contributed by atoms with Gasteiger partial charge in [-0.05, 0) is 24.3 Å². The topological polar surface area (TPSA) is 55.1 Å². The number of anilines is 1. The van der Waals surface area contributed by atoms with E-state index < -0.39 is 0 Å². The number of carbonyl (C=O) groups is 1. The van der Waals surface area contributed by atoms with Crippen LogP contribution in [0.2, 0.25) is 5.15 Å². The molecular formula is C12H11ClN2O2. The summed E-state index contributed by atoms with van der Waals surface area (Å²) in [5.41, 5.74) is 0. The second-order valence-electron chi connectivity index (χ2n) is 3.47. The molecule has 0 radical (unpaired) electrons. The van der Waals surface area contributed by atoms with Crippen LogP contribution in [0.5, 0.6) is 0 Å². The van der Waals surface area contributed by atoms with Gasteiger partial charge in [0.25, 0.3) is 0 Å². The minimum absolute atomic E-state index is 0.115. The maximum Gasteiger partial charge on any atom is 0.225 e. The van der Waals surface area contributed by atoms with Crippen LogP contribution in [0.3, 0.4) is 0 Å². The number of hydrogen-bond acceptors (Lipinski definition) is 3. The summed E-state index contributed by atoms with van der Waals surface area (Å²) in [7, 11) is 0. The maximum atomic E-state index is 11.6. The number of halogens is 1. The van der Waals surface area contributed by atoms with Gasteiger partial charge < -0.3 is 9.73 Å². The molecule has 0 bridgehead atoms. The molecule has 0 fully saturated rings. The Morgan fingerprint density at radius 1 is 1.35 bits per heavy atom. The van der Waals surface area contributed by atoms with Crippen molar-refractivity contribution >= 4 is 23.3 Å². The van der Waals surface area contributed by atoms with Crippen LogP contribution in [0.1, 0.15) is 12.2 Å². The van der Waals surface area contributed by atoms with Crippen LogP contribution in [0.15, 0.2) is 41.0 Å². The molecule has 5 heteroatoms. The number of pyridine rings is 1. The molecule has 0 aliphatic carbocycles. The summed E-state index contributed by atoms with van der Waals surface area (Å²) in [6.45, 7) is 0. The average molecular weight is 251 g/mol. The Hall–Kier alpha value is -1.81. The van der Waals surface area contributed by atoms with Crippen molar-refractivity contribution in [1.82, 2.24) is 4.98 Å². The van der Waals surface area contributed by atoms with Crippen molar-refractivity contribution in [3.05, 3.63) is 47.5 Å². The molecule has 2 heterocycles. The minimum atomic E-state index is -0.115. The van der Waals surface area contributed by atoms with Gasteiger partial charge in [-0.3, -0.25) is 4.79 Å². The lowest BCUT2D eigenvalue weighted by Crippen LogP contribution is -2.13. The number of amides is 1. The van der Waals surface area contributed by atoms with Gasteiger partial charge in [-0.15, -0.1) is 0 Å². The lowest BCUT2D eigenvalue weighted by molar-refractivity contribution is -0.116. The molecule has 0 unspecified atom stereocenters. The quantitative estimate of drug-likeness (QED) is 0.849. The van der Waals surface area contributed by atoms with Gasteiger partial charge in [0, 0.05) is 12.8 Å². The predicted molar refractivity (Wildman–Crippen MR) is 64.9 cm³/mol. The highest BCUT2D eigenvalue weighted by atomic mass is 35.5. The predicted octanol–water partition coefficient (Wildman–Crippen LogP) is 2.90. The Morgan fingerprint density at radius 2 is 2.24 bits per heavy atom. The van der Waals surface area contributed by atoms with Crippen LogP contribution in [-0.2, 0) is 11.2 Å². The van der Waals surface area contributed by atoms with E-state index in [2.05, 4.69) is 10.3 Å². The Morgan fingerprint density at radius 3 is 2.94 bits per heavy atom. The number of hydrogen-bond donors (Lipinski definition) is 1.